The van der Waals surface area contributed by atoms with Gasteiger partial charge in [-0.1, -0.05) is 42.5 Å². The summed E-state index contributed by atoms with van der Waals surface area (Å²) >= 11 is 0. The minimum absolute atomic E-state index is 0.0499. The van der Waals surface area contributed by atoms with Gasteiger partial charge in [0.2, 0.25) is 6.79 Å². The van der Waals surface area contributed by atoms with Gasteiger partial charge in [0.05, 0.1) is 24.1 Å². The summed E-state index contributed by atoms with van der Waals surface area (Å²) in [6.45, 7) is 5.02. The van der Waals surface area contributed by atoms with Crippen molar-refractivity contribution in [2.24, 2.45) is 0 Å². The Bertz CT molecular complexity index is 1440. The zero-order chi connectivity index (χ0) is 25.4. The van der Waals surface area contributed by atoms with Crippen molar-refractivity contribution in [2.75, 3.05) is 45.0 Å². The lowest BCUT2D eigenvalue weighted by molar-refractivity contribution is 0.0746. The third-order valence-electron chi connectivity index (χ3n) is 7.15. The maximum absolute atomic E-state index is 13.8. The SMILES string of the molecule is COc1ccccc1N1CCN(C(=O)c2cc(-c3ccccc3)n(-c3ccc4c(c3)OCO4)c2C)CC1. The average molecular weight is 496 g/mol. The molecule has 1 fully saturated rings. The second-order valence-electron chi connectivity index (χ2n) is 9.22. The number of piperazine rings is 1. The second kappa shape index (κ2) is 9.58. The molecular formula is C30H29N3O4. The van der Waals surface area contributed by atoms with Crippen molar-refractivity contribution in [2.45, 2.75) is 6.92 Å². The standard InChI is InChI=1S/C30H29N3O4/c1-21-24(30(34)32-16-14-31(15-17-32)25-10-6-7-11-27(25)35-2)19-26(22-8-4-3-5-9-22)33(21)23-12-13-28-29(18-23)37-20-36-28/h3-13,18-19H,14-17,20H2,1-2H3. The van der Waals surface area contributed by atoms with E-state index in [0.717, 1.165) is 52.9 Å². The van der Waals surface area contributed by atoms with Crippen molar-refractivity contribution in [3.63, 3.8) is 0 Å². The number of benzene rings is 3. The fourth-order valence-corrected chi connectivity index (χ4v) is 5.21. The maximum Gasteiger partial charge on any atom is 0.255 e. The van der Waals surface area contributed by atoms with Gasteiger partial charge in [-0.15, -0.1) is 0 Å². The molecule has 188 valence electrons. The quantitative estimate of drug-likeness (QED) is 0.383. The van der Waals surface area contributed by atoms with Crippen molar-refractivity contribution < 1.29 is 19.0 Å². The summed E-state index contributed by atoms with van der Waals surface area (Å²) < 4.78 is 18.8. The van der Waals surface area contributed by atoms with Crippen LogP contribution < -0.4 is 19.1 Å². The lowest BCUT2D eigenvalue weighted by Gasteiger charge is -2.36. The third kappa shape index (κ3) is 4.16. The van der Waals surface area contributed by atoms with E-state index in [0.29, 0.717) is 24.4 Å². The number of ether oxygens (including phenoxy) is 3. The van der Waals surface area contributed by atoms with Gasteiger partial charge in [-0.3, -0.25) is 4.79 Å². The van der Waals surface area contributed by atoms with Gasteiger partial charge < -0.3 is 28.6 Å². The Morgan fingerprint density at radius 2 is 1.57 bits per heavy atom. The van der Waals surface area contributed by atoms with Crippen LogP contribution in [-0.2, 0) is 0 Å². The van der Waals surface area contributed by atoms with E-state index in [1.807, 2.05) is 72.5 Å². The van der Waals surface area contributed by atoms with Gasteiger partial charge >= 0.3 is 0 Å². The molecule has 2 aliphatic rings. The van der Waals surface area contributed by atoms with Crippen molar-refractivity contribution in [3.05, 3.63) is 90.1 Å². The summed E-state index contributed by atoms with van der Waals surface area (Å²) in [5.41, 5.74) is 5.61. The Kier molecular flexibility index (Phi) is 5.96. The fourth-order valence-electron chi connectivity index (χ4n) is 5.21. The lowest BCUT2D eigenvalue weighted by atomic mass is 10.1. The average Bonchev–Trinajstić information content (AvgIpc) is 3.57. The van der Waals surface area contributed by atoms with E-state index in [2.05, 4.69) is 27.7 Å². The zero-order valence-corrected chi connectivity index (χ0v) is 21.0. The number of fused-ring (bicyclic) bond motifs is 1. The molecular weight excluding hydrogens is 466 g/mol. The normalized spacial score (nSPS) is 14.6. The number of nitrogens with zero attached hydrogens (tertiary/aromatic N) is 3. The summed E-state index contributed by atoms with van der Waals surface area (Å²) in [5.74, 6) is 2.35. The number of carbonyl (C=O) groups is 1. The van der Waals surface area contributed by atoms with Gasteiger partial charge in [0, 0.05) is 43.6 Å². The van der Waals surface area contributed by atoms with Crippen LogP contribution in [0.2, 0.25) is 0 Å². The first kappa shape index (κ1) is 23.0. The Morgan fingerprint density at radius 3 is 2.35 bits per heavy atom. The van der Waals surface area contributed by atoms with Crippen LogP contribution in [0, 0.1) is 6.92 Å². The number of rotatable bonds is 5. The van der Waals surface area contributed by atoms with Crippen LogP contribution in [0.3, 0.4) is 0 Å². The summed E-state index contributed by atoms with van der Waals surface area (Å²) in [5, 5.41) is 0. The monoisotopic (exact) mass is 495 g/mol. The molecule has 37 heavy (non-hydrogen) atoms. The second-order valence-corrected chi connectivity index (χ2v) is 9.22. The van der Waals surface area contributed by atoms with Crippen LogP contribution in [0.5, 0.6) is 17.2 Å². The van der Waals surface area contributed by atoms with Crippen LogP contribution in [0.15, 0.2) is 78.9 Å². The number of aromatic nitrogens is 1. The third-order valence-corrected chi connectivity index (χ3v) is 7.15. The molecule has 1 amide bonds. The van der Waals surface area contributed by atoms with Gasteiger partial charge in [-0.2, -0.15) is 0 Å². The number of hydrogen-bond donors (Lipinski definition) is 0. The van der Waals surface area contributed by atoms with E-state index in [1.165, 1.54) is 0 Å². The summed E-state index contributed by atoms with van der Waals surface area (Å²) in [6, 6.07) is 26.1. The molecule has 1 saturated heterocycles. The zero-order valence-electron chi connectivity index (χ0n) is 21.0. The number of methoxy groups -OCH3 is 1. The number of amides is 1. The number of anilines is 1. The highest BCUT2D eigenvalue weighted by atomic mass is 16.7. The largest absolute Gasteiger partial charge is 0.495 e. The Morgan fingerprint density at radius 1 is 0.838 bits per heavy atom. The van der Waals surface area contributed by atoms with Crippen molar-refractivity contribution in [1.29, 1.82) is 0 Å². The minimum Gasteiger partial charge on any atom is -0.495 e. The van der Waals surface area contributed by atoms with Crippen LogP contribution >= 0.6 is 0 Å². The summed E-state index contributed by atoms with van der Waals surface area (Å²) in [7, 11) is 1.69. The molecule has 0 saturated carbocycles. The fraction of sp³-hybridized carbons (Fsp3) is 0.233. The number of hydrogen-bond acceptors (Lipinski definition) is 5. The highest BCUT2D eigenvalue weighted by molar-refractivity contribution is 5.97. The van der Waals surface area contributed by atoms with E-state index in [1.54, 1.807) is 7.11 Å². The molecule has 7 heteroatoms. The Labute approximate surface area is 216 Å². The summed E-state index contributed by atoms with van der Waals surface area (Å²) in [6.07, 6.45) is 0. The molecule has 0 bridgehead atoms. The van der Waals surface area contributed by atoms with Gasteiger partial charge in [0.25, 0.3) is 5.91 Å². The molecule has 4 aromatic rings. The molecule has 2 aliphatic heterocycles. The first-order valence-electron chi connectivity index (χ1n) is 12.5. The molecule has 0 unspecified atom stereocenters. The molecule has 1 aromatic heterocycles. The molecule has 3 aromatic carbocycles. The maximum atomic E-state index is 13.8. The highest BCUT2D eigenvalue weighted by Crippen LogP contribution is 2.37. The predicted octanol–water partition coefficient (Wildman–Crippen LogP) is 5.15. The highest BCUT2D eigenvalue weighted by Gasteiger charge is 2.28. The van der Waals surface area contributed by atoms with Crippen molar-refractivity contribution in [3.8, 4) is 34.2 Å². The molecule has 3 heterocycles. The molecule has 0 aliphatic carbocycles. The molecule has 7 nitrogen and oxygen atoms in total. The lowest BCUT2D eigenvalue weighted by Crippen LogP contribution is -2.49. The van der Waals surface area contributed by atoms with Crippen molar-refractivity contribution >= 4 is 11.6 Å². The summed E-state index contributed by atoms with van der Waals surface area (Å²) in [4.78, 5) is 18.1. The van der Waals surface area contributed by atoms with Gasteiger partial charge in [0.1, 0.15) is 5.75 Å². The molecule has 0 radical (unpaired) electrons. The molecule has 0 atom stereocenters. The topological polar surface area (TPSA) is 56.2 Å². The first-order chi connectivity index (χ1) is 18.1. The van der Waals surface area contributed by atoms with Crippen LogP contribution in [0.1, 0.15) is 16.1 Å². The van der Waals surface area contributed by atoms with Crippen LogP contribution in [0.25, 0.3) is 16.9 Å². The Hall–Kier alpha value is -4.39. The van der Waals surface area contributed by atoms with E-state index in [-0.39, 0.29) is 12.7 Å². The van der Waals surface area contributed by atoms with E-state index < -0.39 is 0 Å². The van der Waals surface area contributed by atoms with Crippen LogP contribution in [-0.4, -0.2) is 55.5 Å². The molecule has 0 N–H and O–H groups in total. The smallest absolute Gasteiger partial charge is 0.255 e. The van der Waals surface area contributed by atoms with E-state index in [9.17, 15) is 4.79 Å². The predicted molar refractivity (Wildman–Crippen MR) is 143 cm³/mol. The van der Waals surface area contributed by atoms with Gasteiger partial charge in [-0.05, 0) is 42.8 Å². The molecule has 0 spiro atoms. The van der Waals surface area contributed by atoms with Crippen molar-refractivity contribution in [1.82, 2.24) is 9.47 Å². The van der Waals surface area contributed by atoms with E-state index in [4.69, 9.17) is 14.2 Å². The number of para-hydroxylation sites is 2. The molecule has 6 rings (SSSR count). The van der Waals surface area contributed by atoms with E-state index >= 15 is 0 Å². The van der Waals surface area contributed by atoms with Gasteiger partial charge in [-0.25, -0.2) is 0 Å². The first-order valence-corrected chi connectivity index (χ1v) is 12.5. The minimum atomic E-state index is 0.0499. The van der Waals surface area contributed by atoms with Crippen LogP contribution in [0.4, 0.5) is 5.69 Å². The Balaban J connectivity index is 1.31. The number of carbonyl (C=O) groups excluding carboxylic acids is 1. The van der Waals surface area contributed by atoms with Gasteiger partial charge in [0.15, 0.2) is 11.5 Å².